The number of aromatic amines is 1. The minimum atomic E-state index is -0.0247. The largest absolute Gasteiger partial charge is 0.341 e. The van der Waals surface area contributed by atoms with Gasteiger partial charge in [0, 0.05) is 43.8 Å². The molecule has 0 bridgehead atoms. The number of hydrogen-bond acceptors (Lipinski definition) is 4. The van der Waals surface area contributed by atoms with Crippen LogP contribution in [0.15, 0.2) is 52.0 Å². The van der Waals surface area contributed by atoms with Crippen molar-refractivity contribution >= 4 is 28.1 Å². The molecule has 5 nitrogen and oxygen atoms in total. The summed E-state index contributed by atoms with van der Waals surface area (Å²) in [7, 11) is 0. The molecule has 140 valence electrons. The normalized spacial score (nSPS) is 15.8. The Morgan fingerprint density at radius 1 is 1.11 bits per heavy atom. The lowest BCUT2D eigenvalue weighted by Crippen LogP contribution is -2.36. The van der Waals surface area contributed by atoms with E-state index in [1.54, 1.807) is 11.3 Å². The molecule has 2 aromatic heterocycles. The van der Waals surface area contributed by atoms with Crippen molar-refractivity contribution in [3.8, 4) is 0 Å². The van der Waals surface area contributed by atoms with Crippen LogP contribution in [0.2, 0.25) is 0 Å². The molecule has 3 aromatic rings. The quantitative estimate of drug-likeness (QED) is 0.756. The van der Waals surface area contributed by atoms with Gasteiger partial charge in [-0.3, -0.25) is 14.5 Å². The van der Waals surface area contributed by atoms with Gasteiger partial charge < -0.3 is 9.88 Å². The van der Waals surface area contributed by atoms with E-state index >= 15 is 0 Å². The molecule has 0 atom stereocenters. The highest BCUT2D eigenvalue weighted by atomic mass is 32.1. The highest BCUT2D eigenvalue weighted by molar-refractivity contribution is 7.08. The molecule has 1 saturated heterocycles. The van der Waals surface area contributed by atoms with Gasteiger partial charge in [0.25, 0.3) is 5.56 Å². The van der Waals surface area contributed by atoms with Gasteiger partial charge in [-0.2, -0.15) is 11.3 Å². The maximum absolute atomic E-state index is 12.5. The zero-order chi connectivity index (χ0) is 18.6. The average Bonchev–Trinajstić information content (AvgIpc) is 3.06. The van der Waals surface area contributed by atoms with Gasteiger partial charge in [0.2, 0.25) is 5.91 Å². The minimum absolute atomic E-state index is 0.0247. The van der Waals surface area contributed by atoms with Crippen molar-refractivity contribution in [2.24, 2.45) is 0 Å². The van der Waals surface area contributed by atoms with Crippen molar-refractivity contribution in [2.75, 3.05) is 26.2 Å². The van der Waals surface area contributed by atoms with Crippen molar-refractivity contribution in [3.05, 3.63) is 68.6 Å². The second kappa shape index (κ2) is 8.06. The molecule has 1 amide bonds. The summed E-state index contributed by atoms with van der Waals surface area (Å²) in [5.41, 5.74) is 2.72. The van der Waals surface area contributed by atoms with Crippen molar-refractivity contribution in [1.82, 2.24) is 14.8 Å². The number of pyridine rings is 1. The monoisotopic (exact) mass is 381 g/mol. The summed E-state index contributed by atoms with van der Waals surface area (Å²) in [6, 6.07) is 11.8. The van der Waals surface area contributed by atoms with E-state index in [1.807, 2.05) is 52.1 Å². The number of para-hydroxylation sites is 1. The molecule has 1 aromatic carbocycles. The predicted molar refractivity (Wildman–Crippen MR) is 109 cm³/mol. The van der Waals surface area contributed by atoms with Crippen molar-refractivity contribution in [2.45, 2.75) is 19.4 Å². The Labute approximate surface area is 162 Å². The van der Waals surface area contributed by atoms with Gasteiger partial charge in [-0.25, -0.2) is 0 Å². The number of rotatable bonds is 4. The van der Waals surface area contributed by atoms with E-state index in [-0.39, 0.29) is 11.5 Å². The summed E-state index contributed by atoms with van der Waals surface area (Å²) in [5, 5.41) is 5.09. The average molecular weight is 382 g/mol. The van der Waals surface area contributed by atoms with Gasteiger partial charge >= 0.3 is 0 Å². The molecule has 0 unspecified atom stereocenters. The van der Waals surface area contributed by atoms with Crippen LogP contribution < -0.4 is 5.56 Å². The predicted octanol–water partition coefficient (Wildman–Crippen LogP) is 2.87. The number of nitrogens with zero attached hydrogens (tertiary/aromatic N) is 2. The van der Waals surface area contributed by atoms with Crippen LogP contribution in [0.1, 0.15) is 17.5 Å². The second-order valence-corrected chi connectivity index (χ2v) is 7.81. The van der Waals surface area contributed by atoms with Crippen LogP contribution >= 0.6 is 11.3 Å². The summed E-state index contributed by atoms with van der Waals surface area (Å²) in [6.45, 7) is 3.81. The van der Waals surface area contributed by atoms with Gasteiger partial charge in [-0.05, 0) is 46.3 Å². The van der Waals surface area contributed by atoms with E-state index in [1.165, 1.54) is 0 Å². The van der Waals surface area contributed by atoms with Crippen LogP contribution in [0.3, 0.4) is 0 Å². The molecule has 3 heterocycles. The number of thiophene rings is 1. The first-order chi connectivity index (χ1) is 13.2. The van der Waals surface area contributed by atoms with Crippen LogP contribution in [0.5, 0.6) is 0 Å². The topological polar surface area (TPSA) is 56.4 Å². The number of carbonyl (C=O) groups excluding carboxylic acids is 1. The number of carbonyl (C=O) groups is 1. The third-order valence-corrected chi connectivity index (χ3v) is 5.83. The molecule has 0 aliphatic carbocycles. The van der Waals surface area contributed by atoms with Crippen LogP contribution in [0.4, 0.5) is 0 Å². The number of H-pyrrole nitrogens is 1. The van der Waals surface area contributed by atoms with E-state index < -0.39 is 0 Å². The zero-order valence-corrected chi connectivity index (χ0v) is 16.0. The molecule has 4 rings (SSSR count). The van der Waals surface area contributed by atoms with Crippen molar-refractivity contribution in [3.63, 3.8) is 0 Å². The maximum Gasteiger partial charge on any atom is 0.252 e. The third kappa shape index (κ3) is 4.28. The van der Waals surface area contributed by atoms with Crippen LogP contribution in [0.25, 0.3) is 10.9 Å². The van der Waals surface area contributed by atoms with Gasteiger partial charge in [0.1, 0.15) is 0 Å². The van der Waals surface area contributed by atoms with Crippen molar-refractivity contribution < 1.29 is 4.79 Å². The highest BCUT2D eigenvalue weighted by Gasteiger charge is 2.20. The fourth-order valence-electron chi connectivity index (χ4n) is 3.61. The first-order valence-electron chi connectivity index (χ1n) is 9.31. The maximum atomic E-state index is 12.5. The van der Waals surface area contributed by atoms with E-state index in [2.05, 4.69) is 9.88 Å². The highest BCUT2D eigenvalue weighted by Crippen LogP contribution is 2.14. The minimum Gasteiger partial charge on any atom is -0.341 e. The molecule has 1 aliphatic rings. The number of benzene rings is 1. The zero-order valence-electron chi connectivity index (χ0n) is 15.2. The van der Waals surface area contributed by atoms with Gasteiger partial charge in [-0.15, -0.1) is 0 Å². The fraction of sp³-hybridized carbons (Fsp3) is 0.333. The SMILES string of the molecule is O=C(Cc1ccsc1)N1CCCN(Cc2cc3ccccc3[nH]c2=O)CC1. The van der Waals surface area contributed by atoms with Crippen LogP contribution in [0, 0.1) is 0 Å². The Hall–Kier alpha value is -2.44. The van der Waals surface area contributed by atoms with Crippen LogP contribution in [-0.4, -0.2) is 46.9 Å². The smallest absolute Gasteiger partial charge is 0.252 e. The number of hydrogen-bond donors (Lipinski definition) is 1. The standard InChI is InChI=1S/C21H23N3O2S/c25-20(12-16-6-11-27-15-16)24-8-3-7-23(9-10-24)14-18-13-17-4-1-2-5-19(17)22-21(18)26/h1-2,4-6,11,13,15H,3,7-10,12,14H2,(H,22,26). The molecular formula is C21H23N3O2S. The summed E-state index contributed by atoms with van der Waals surface area (Å²) < 4.78 is 0. The van der Waals surface area contributed by atoms with E-state index in [0.29, 0.717) is 19.5 Å². The van der Waals surface area contributed by atoms with Gasteiger partial charge in [0.05, 0.1) is 6.42 Å². The lowest BCUT2D eigenvalue weighted by Gasteiger charge is -2.22. The first kappa shape index (κ1) is 17.9. The summed E-state index contributed by atoms with van der Waals surface area (Å²) in [4.78, 5) is 32.1. The Morgan fingerprint density at radius 2 is 2.00 bits per heavy atom. The third-order valence-electron chi connectivity index (χ3n) is 5.10. The lowest BCUT2D eigenvalue weighted by molar-refractivity contribution is -0.130. The molecule has 0 saturated carbocycles. The second-order valence-electron chi connectivity index (χ2n) is 7.03. The number of nitrogens with one attached hydrogen (secondary N) is 1. The van der Waals surface area contributed by atoms with Gasteiger partial charge in [-0.1, -0.05) is 18.2 Å². The number of aromatic nitrogens is 1. The molecular weight excluding hydrogens is 358 g/mol. The Kier molecular flexibility index (Phi) is 5.36. The fourth-order valence-corrected chi connectivity index (χ4v) is 4.28. The summed E-state index contributed by atoms with van der Waals surface area (Å²) in [6.07, 6.45) is 1.41. The Morgan fingerprint density at radius 3 is 2.85 bits per heavy atom. The summed E-state index contributed by atoms with van der Waals surface area (Å²) in [5.74, 6) is 0.193. The lowest BCUT2D eigenvalue weighted by atomic mass is 10.1. The molecule has 0 spiro atoms. The van der Waals surface area contributed by atoms with Gasteiger partial charge in [0.15, 0.2) is 0 Å². The number of amides is 1. The van der Waals surface area contributed by atoms with Crippen molar-refractivity contribution in [1.29, 1.82) is 0 Å². The molecule has 1 N–H and O–H groups in total. The molecule has 1 aliphatic heterocycles. The number of fused-ring (bicyclic) bond motifs is 1. The first-order valence-corrected chi connectivity index (χ1v) is 10.3. The van der Waals surface area contributed by atoms with E-state index in [0.717, 1.165) is 48.1 Å². The molecule has 0 radical (unpaired) electrons. The van der Waals surface area contributed by atoms with Crippen LogP contribution in [-0.2, 0) is 17.8 Å². The Balaban J connectivity index is 1.40. The van der Waals surface area contributed by atoms with E-state index in [4.69, 9.17) is 0 Å². The summed E-state index contributed by atoms with van der Waals surface area (Å²) >= 11 is 1.62. The van der Waals surface area contributed by atoms with E-state index in [9.17, 15) is 9.59 Å². The Bertz CT molecular complexity index is 981. The molecule has 1 fully saturated rings. The molecule has 27 heavy (non-hydrogen) atoms. The molecule has 6 heteroatoms.